The Bertz CT molecular complexity index is 653. The van der Waals surface area contributed by atoms with Crippen LogP contribution in [0.4, 0.5) is 5.69 Å². The smallest absolute Gasteiger partial charge is 0.397 e. The molecule has 0 unspecified atom stereocenters. The SMILES string of the molecule is Nc1c2cc(S(=O)(=O)CCOS(=O)(=O)O)cc1-2. The summed E-state index contributed by atoms with van der Waals surface area (Å²) in [4.78, 5) is 0.0793. The zero-order valence-corrected chi connectivity index (χ0v) is 10.1. The molecule has 0 radical (unpaired) electrons. The zero-order valence-electron chi connectivity index (χ0n) is 8.45. The third-order valence-electron chi connectivity index (χ3n) is 2.32. The summed E-state index contributed by atoms with van der Waals surface area (Å²) in [6, 6.07) is 2.85. The Labute approximate surface area is 98.1 Å². The number of sulfone groups is 1. The summed E-state index contributed by atoms with van der Waals surface area (Å²) in [5, 5.41) is 0. The molecular weight excluding hydrogens is 270 g/mol. The molecule has 2 aliphatic carbocycles. The summed E-state index contributed by atoms with van der Waals surface area (Å²) in [7, 11) is -8.22. The largest absolute Gasteiger partial charge is 0.398 e. The van der Waals surface area contributed by atoms with Crippen molar-refractivity contribution >= 4 is 25.9 Å². The Morgan fingerprint density at radius 2 is 1.71 bits per heavy atom. The monoisotopic (exact) mass is 279 g/mol. The molecular formula is C8H9NO6S2. The van der Waals surface area contributed by atoms with Crippen LogP contribution in [0.25, 0.3) is 11.1 Å². The maximum absolute atomic E-state index is 11.7. The van der Waals surface area contributed by atoms with Crippen LogP contribution < -0.4 is 5.73 Å². The van der Waals surface area contributed by atoms with Gasteiger partial charge in [0.15, 0.2) is 9.84 Å². The Balaban J connectivity index is 2.04. The maximum atomic E-state index is 11.7. The van der Waals surface area contributed by atoms with E-state index in [2.05, 4.69) is 4.18 Å². The first kappa shape index (κ1) is 12.3. The lowest BCUT2D eigenvalue weighted by atomic mass is 10.6. The Morgan fingerprint density at radius 3 is 2.18 bits per heavy atom. The number of nitrogens with two attached hydrogens (primary N) is 1. The van der Waals surface area contributed by atoms with Crippen molar-refractivity contribution in [2.75, 3.05) is 18.1 Å². The van der Waals surface area contributed by atoms with Gasteiger partial charge in [0, 0.05) is 16.8 Å². The normalized spacial score (nSPS) is 13.7. The number of hydrogen-bond acceptors (Lipinski definition) is 6. The van der Waals surface area contributed by atoms with Gasteiger partial charge in [0.25, 0.3) is 0 Å². The molecule has 0 spiro atoms. The highest BCUT2D eigenvalue weighted by Gasteiger charge is 2.28. The van der Waals surface area contributed by atoms with Crippen molar-refractivity contribution in [3.63, 3.8) is 0 Å². The lowest BCUT2D eigenvalue weighted by Gasteiger charge is -2.01. The fourth-order valence-electron chi connectivity index (χ4n) is 1.42. The Morgan fingerprint density at radius 1 is 1.18 bits per heavy atom. The molecule has 17 heavy (non-hydrogen) atoms. The van der Waals surface area contributed by atoms with Gasteiger partial charge in [-0.15, -0.1) is 0 Å². The zero-order chi connectivity index (χ0) is 12.8. The van der Waals surface area contributed by atoms with Gasteiger partial charge in [0.1, 0.15) is 0 Å². The summed E-state index contributed by atoms with van der Waals surface area (Å²) < 4.78 is 56.0. The number of fused-ring (bicyclic) bond motifs is 1. The van der Waals surface area contributed by atoms with Crippen LogP contribution in [-0.4, -0.2) is 33.7 Å². The molecule has 0 aromatic heterocycles. The van der Waals surface area contributed by atoms with Gasteiger partial charge in [0.05, 0.1) is 17.3 Å². The van der Waals surface area contributed by atoms with E-state index in [0.29, 0.717) is 16.8 Å². The molecule has 0 saturated heterocycles. The van der Waals surface area contributed by atoms with E-state index in [9.17, 15) is 16.8 Å². The van der Waals surface area contributed by atoms with Gasteiger partial charge < -0.3 is 5.73 Å². The second kappa shape index (κ2) is 3.67. The summed E-state index contributed by atoms with van der Waals surface area (Å²) in [6.07, 6.45) is 0. The summed E-state index contributed by atoms with van der Waals surface area (Å²) in [6.45, 7) is -0.629. The topological polar surface area (TPSA) is 124 Å². The molecule has 0 aliphatic heterocycles. The number of anilines is 1. The third kappa shape index (κ3) is 2.57. The van der Waals surface area contributed by atoms with E-state index in [0.717, 1.165) is 0 Å². The molecule has 94 valence electrons. The molecule has 0 atom stereocenters. The van der Waals surface area contributed by atoms with Crippen LogP contribution in [0.1, 0.15) is 0 Å². The number of hydrogen-bond donors (Lipinski definition) is 2. The second-order valence-electron chi connectivity index (χ2n) is 3.50. The molecule has 7 nitrogen and oxygen atoms in total. The van der Waals surface area contributed by atoms with E-state index in [1.165, 1.54) is 12.1 Å². The quantitative estimate of drug-likeness (QED) is 0.575. The first-order valence-electron chi connectivity index (χ1n) is 4.49. The van der Waals surface area contributed by atoms with Gasteiger partial charge >= 0.3 is 10.4 Å². The van der Waals surface area contributed by atoms with E-state index in [1.807, 2.05) is 0 Å². The van der Waals surface area contributed by atoms with Crippen LogP contribution in [0.5, 0.6) is 0 Å². The maximum Gasteiger partial charge on any atom is 0.397 e. The molecule has 0 saturated carbocycles. The van der Waals surface area contributed by atoms with Crippen LogP contribution in [0.2, 0.25) is 0 Å². The van der Waals surface area contributed by atoms with E-state index in [-0.39, 0.29) is 4.90 Å². The minimum Gasteiger partial charge on any atom is -0.398 e. The fourth-order valence-corrected chi connectivity index (χ4v) is 2.95. The van der Waals surface area contributed by atoms with Crippen LogP contribution in [0.15, 0.2) is 17.0 Å². The standard InChI is InChI=1S/C8H9NO6S2/c9-8-6-3-5(4-7(6)8)16(10,11)2-1-15-17(12,13)14/h3-4H,1-2,9H2,(H,12,13,14). The predicted molar refractivity (Wildman–Crippen MR) is 59.4 cm³/mol. The molecule has 2 aliphatic rings. The molecule has 0 amide bonds. The van der Waals surface area contributed by atoms with Gasteiger partial charge in [-0.05, 0) is 12.1 Å². The average Bonchev–Trinajstić information content (AvgIpc) is 2.62. The van der Waals surface area contributed by atoms with Gasteiger partial charge in [-0.1, -0.05) is 0 Å². The van der Waals surface area contributed by atoms with Crippen molar-refractivity contribution in [2.24, 2.45) is 0 Å². The Hall–Kier alpha value is -1.16. The number of nitrogen functional groups attached to an aromatic ring is 1. The van der Waals surface area contributed by atoms with Crippen molar-refractivity contribution < 1.29 is 25.6 Å². The van der Waals surface area contributed by atoms with E-state index in [1.54, 1.807) is 0 Å². The van der Waals surface area contributed by atoms with Crippen molar-refractivity contribution in [2.45, 2.75) is 4.90 Å². The molecule has 0 heterocycles. The van der Waals surface area contributed by atoms with E-state index < -0.39 is 32.6 Å². The van der Waals surface area contributed by atoms with Crippen molar-refractivity contribution in [1.29, 1.82) is 0 Å². The number of benzene rings is 1. The fraction of sp³-hybridized carbons (Fsp3) is 0.250. The highest BCUT2D eigenvalue weighted by Crippen LogP contribution is 2.48. The van der Waals surface area contributed by atoms with Gasteiger partial charge in [0.2, 0.25) is 0 Å². The lowest BCUT2D eigenvalue weighted by molar-refractivity contribution is 0.284. The minimum atomic E-state index is -4.61. The van der Waals surface area contributed by atoms with Crippen LogP contribution in [-0.2, 0) is 24.4 Å². The lowest BCUT2D eigenvalue weighted by Crippen LogP contribution is -2.15. The summed E-state index contributed by atoms with van der Waals surface area (Å²) in [5.41, 5.74) is 7.47. The predicted octanol–water partition coefficient (Wildman–Crippen LogP) is -0.158. The summed E-state index contributed by atoms with van der Waals surface area (Å²) >= 11 is 0. The van der Waals surface area contributed by atoms with Gasteiger partial charge in [-0.3, -0.25) is 4.55 Å². The van der Waals surface area contributed by atoms with Crippen molar-refractivity contribution in [3.05, 3.63) is 12.1 Å². The first-order chi connectivity index (χ1) is 7.71. The van der Waals surface area contributed by atoms with Crippen LogP contribution in [0.3, 0.4) is 0 Å². The summed E-state index contributed by atoms with van der Waals surface area (Å²) in [5.74, 6) is -0.532. The van der Waals surface area contributed by atoms with E-state index in [4.69, 9.17) is 10.3 Å². The van der Waals surface area contributed by atoms with Crippen LogP contribution in [0, 0.1) is 0 Å². The molecule has 0 aromatic rings. The Kier molecular flexibility index (Phi) is 2.65. The highest BCUT2D eigenvalue weighted by molar-refractivity contribution is 7.91. The first-order valence-corrected chi connectivity index (χ1v) is 7.51. The van der Waals surface area contributed by atoms with E-state index >= 15 is 0 Å². The molecule has 0 aromatic carbocycles. The number of rotatable bonds is 5. The van der Waals surface area contributed by atoms with Gasteiger partial charge in [-0.25, -0.2) is 12.6 Å². The molecule has 0 bridgehead atoms. The third-order valence-corrected chi connectivity index (χ3v) is 4.45. The molecule has 0 fully saturated rings. The van der Waals surface area contributed by atoms with Crippen molar-refractivity contribution in [1.82, 2.24) is 0 Å². The average molecular weight is 279 g/mol. The highest BCUT2D eigenvalue weighted by atomic mass is 32.3. The van der Waals surface area contributed by atoms with Crippen molar-refractivity contribution in [3.8, 4) is 11.1 Å². The van der Waals surface area contributed by atoms with Crippen LogP contribution >= 0.6 is 0 Å². The van der Waals surface area contributed by atoms with Gasteiger partial charge in [-0.2, -0.15) is 8.42 Å². The second-order valence-corrected chi connectivity index (χ2v) is 6.70. The molecule has 3 N–H and O–H groups in total. The minimum absolute atomic E-state index is 0.0793. The molecule has 2 rings (SSSR count). The molecule has 9 heteroatoms.